The number of para-hydroxylation sites is 1. The fourth-order valence-electron chi connectivity index (χ4n) is 5.38. The van der Waals surface area contributed by atoms with E-state index in [1.54, 1.807) is 11.1 Å². The Bertz CT molecular complexity index is 1050. The minimum atomic E-state index is -1.07. The molecule has 0 spiro atoms. The molecule has 3 atom stereocenters. The number of hydrogen-bond acceptors (Lipinski definition) is 5. The number of carbonyl (C=O) groups excluding carboxylic acids is 3. The third-order valence-corrected chi connectivity index (χ3v) is 7.21. The Labute approximate surface area is 199 Å². The molecule has 2 aliphatic heterocycles. The van der Waals surface area contributed by atoms with E-state index in [1.165, 1.54) is 6.92 Å². The molecular formula is C25H34N6O3. The molecule has 3 heterocycles. The standard InChI is InChI=1S/C25H34N6O3/c1-16(21(29-17(2)32)15-27-14-20-10-12-28-30-20)9-11-25(24(26)34)13-19-7-3-5-18-6-4-8-22(33)31(25)23(18)19/h3,5,7,10,12,16,21,27H,4,6,8-9,11,13-15H2,1-2H3,(H2,26,34)(H,28,30)(H,29,32)/t16-,21+,25?/m0/s1. The topological polar surface area (TPSA) is 133 Å². The second kappa shape index (κ2) is 9.97. The molecule has 9 heteroatoms. The van der Waals surface area contributed by atoms with Crippen LogP contribution in [-0.2, 0) is 33.8 Å². The first-order chi connectivity index (χ1) is 16.3. The van der Waals surface area contributed by atoms with Crippen LogP contribution < -0.4 is 21.3 Å². The smallest absolute Gasteiger partial charge is 0.244 e. The van der Waals surface area contributed by atoms with Crippen LogP contribution in [0.15, 0.2) is 30.5 Å². The summed E-state index contributed by atoms with van der Waals surface area (Å²) in [6.07, 6.45) is 5.21. The maximum absolute atomic E-state index is 13.2. The third kappa shape index (κ3) is 4.70. The van der Waals surface area contributed by atoms with E-state index in [1.807, 2.05) is 24.3 Å². The Balaban J connectivity index is 1.50. The SMILES string of the molecule is CC(=O)N[C@H](CNCc1ccn[nH]1)[C@@H](C)CCC1(C(N)=O)Cc2cccc3c2N1C(=O)CCC3. The number of carbonyl (C=O) groups is 3. The van der Waals surface area contributed by atoms with Gasteiger partial charge >= 0.3 is 0 Å². The molecule has 0 bridgehead atoms. The summed E-state index contributed by atoms with van der Waals surface area (Å²) in [5, 5.41) is 13.3. The predicted molar refractivity (Wildman–Crippen MR) is 129 cm³/mol. The average Bonchev–Trinajstić information content (AvgIpc) is 3.38. The van der Waals surface area contributed by atoms with Crippen molar-refractivity contribution in [3.8, 4) is 0 Å². The predicted octanol–water partition coefficient (Wildman–Crippen LogP) is 1.57. The summed E-state index contributed by atoms with van der Waals surface area (Å²) in [7, 11) is 0. The fraction of sp³-hybridized carbons (Fsp3) is 0.520. The van der Waals surface area contributed by atoms with Crippen LogP contribution in [0, 0.1) is 5.92 Å². The van der Waals surface area contributed by atoms with Gasteiger partial charge in [-0.3, -0.25) is 24.4 Å². The van der Waals surface area contributed by atoms with Crippen molar-refractivity contribution in [2.24, 2.45) is 11.7 Å². The highest BCUT2D eigenvalue weighted by atomic mass is 16.2. The zero-order valence-electron chi connectivity index (χ0n) is 19.9. The highest BCUT2D eigenvalue weighted by Gasteiger charge is 2.52. The molecule has 1 aromatic carbocycles. The molecule has 0 fully saturated rings. The molecular weight excluding hydrogens is 432 g/mol. The second-order valence-corrected chi connectivity index (χ2v) is 9.62. The van der Waals surface area contributed by atoms with E-state index >= 15 is 0 Å². The zero-order chi connectivity index (χ0) is 24.3. The van der Waals surface area contributed by atoms with Crippen molar-refractivity contribution >= 4 is 23.4 Å². The number of amides is 3. The maximum atomic E-state index is 13.2. The van der Waals surface area contributed by atoms with Gasteiger partial charge in [0.1, 0.15) is 5.54 Å². The van der Waals surface area contributed by atoms with Gasteiger partial charge in [-0.05, 0) is 48.8 Å². The van der Waals surface area contributed by atoms with Gasteiger partial charge in [-0.15, -0.1) is 0 Å². The van der Waals surface area contributed by atoms with Gasteiger partial charge in [0.2, 0.25) is 17.7 Å². The summed E-state index contributed by atoms with van der Waals surface area (Å²) in [4.78, 5) is 39.7. The maximum Gasteiger partial charge on any atom is 0.244 e. The number of anilines is 1. The molecule has 2 aliphatic rings. The Kier molecular flexibility index (Phi) is 7.02. The Hall–Kier alpha value is -3.20. The first-order valence-corrected chi connectivity index (χ1v) is 12.0. The number of aromatic nitrogens is 2. The number of benzene rings is 1. The molecule has 9 nitrogen and oxygen atoms in total. The van der Waals surface area contributed by atoms with Gasteiger partial charge in [-0.2, -0.15) is 5.10 Å². The van der Waals surface area contributed by atoms with Crippen LogP contribution in [0.2, 0.25) is 0 Å². The number of nitrogens with one attached hydrogen (secondary N) is 3. The third-order valence-electron chi connectivity index (χ3n) is 7.21. The molecule has 34 heavy (non-hydrogen) atoms. The summed E-state index contributed by atoms with van der Waals surface area (Å²) in [5.74, 6) is -0.551. The molecule has 1 unspecified atom stereocenters. The minimum Gasteiger partial charge on any atom is -0.368 e. The number of nitrogens with two attached hydrogens (primary N) is 1. The van der Waals surface area contributed by atoms with Crippen LogP contribution in [0.1, 0.15) is 56.4 Å². The largest absolute Gasteiger partial charge is 0.368 e. The number of aryl methyl sites for hydroxylation is 1. The van der Waals surface area contributed by atoms with Gasteiger partial charge in [-0.1, -0.05) is 25.1 Å². The number of hydrogen-bond donors (Lipinski definition) is 4. The minimum absolute atomic E-state index is 0.0326. The van der Waals surface area contributed by atoms with Crippen molar-refractivity contribution in [1.82, 2.24) is 20.8 Å². The van der Waals surface area contributed by atoms with Crippen molar-refractivity contribution in [1.29, 1.82) is 0 Å². The average molecular weight is 467 g/mol. The molecule has 0 saturated heterocycles. The van der Waals surface area contributed by atoms with Crippen molar-refractivity contribution < 1.29 is 14.4 Å². The number of aromatic amines is 1. The first-order valence-electron chi connectivity index (χ1n) is 12.0. The lowest BCUT2D eigenvalue weighted by Crippen LogP contribution is -2.59. The fourth-order valence-corrected chi connectivity index (χ4v) is 5.38. The molecule has 1 aromatic heterocycles. The number of primary amides is 1. The summed E-state index contributed by atoms with van der Waals surface area (Å²) in [6.45, 7) is 4.74. The van der Waals surface area contributed by atoms with Gasteiger partial charge in [0, 0.05) is 50.8 Å². The van der Waals surface area contributed by atoms with Gasteiger partial charge in [-0.25, -0.2) is 0 Å². The second-order valence-electron chi connectivity index (χ2n) is 9.62. The lowest BCUT2D eigenvalue weighted by atomic mass is 9.83. The number of H-pyrrole nitrogens is 1. The monoisotopic (exact) mass is 466 g/mol. The lowest BCUT2D eigenvalue weighted by molar-refractivity contribution is -0.128. The molecule has 182 valence electrons. The zero-order valence-corrected chi connectivity index (χ0v) is 19.9. The summed E-state index contributed by atoms with van der Waals surface area (Å²) < 4.78 is 0. The number of rotatable bonds is 10. The van der Waals surface area contributed by atoms with E-state index in [9.17, 15) is 14.4 Å². The van der Waals surface area contributed by atoms with Gasteiger partial charge in [0.15, 0.2) is 0 Å². The molecule has 4 rings (SSSR count). The van der Waals surface area contributed by atoms with E-state index in [4.69, 9.17) is 5.73 Å². The van der Waals surface area contributed by atoms with Crippen LogP contribution in [0.5, 0.6) is 0 Å². The van der Waals surface area contributed by atoms with E-state index in [0.29, 0.717) is 38.8 Å². The molecule has 5 N–H and O–H groups in total. The van der Waals surface area contributed by atoms with E-state index in [0.717, 1.165) is 35.3 Å². The Morgan fingerprint density at radius 3 is 2.76 bits per heavy atom. The first kappa shape index (κ1) is 23.9. The van der Waals surface area contributed by atoms with Gasteiger partial charge < -0.3 is 16.4 Å². The summed E-state index contributed by atoms with van der Waals surface area (Å²) in [6, 6.07) is 7.80. The Morgan fingerprint density at radius 2 is 2.06 bits per heavy atom. The molecule has 2 aromatic rings. The number of nitrogens with zero attached hydrogens (tertiary/aromatic N) is 2. The van der Waals surface area contributed by atoms with Gasteiger partial charge in [0.25, 0.3) is 0 Å². The normalized spacial score (nSPS) is 21.0. The summed E-state index contributed by atoms with van der Waals surface area (Å²) in [5.41, 5.74) is 8.91. The van der Waals surface area contributed by atoms with Crippen LogP contribution in [0.3, 0.4) is 0 Å². The van der Waals surface area contributed by atoms with E-state index in [-0.39, 0.29) is 23.8 Å². The van der Waals surface area contributed by atoms with Crippen LogP contribution in [0.25, 0.3) is 0 Å². The molecule has 3 amide bonds. The van der Waals surface area contributed by atoms with Crippen LogP contribution in [-0.4, -0.2) is 46.0 Å². The molecule has 0 radical (unpaired) electrons. The molecule has 0 aliphatic carbocycles. The quantitative estimate of drug-likeness (QED) is 0.422. The highest BCUT2D eigenvalue weighted by molar-refractivity contribution is 6.07. The van der Waals surface area contributed by atoms with Crippen molar-refractivity contribution in [2.75, 3.05) is 11.4 Å². The van der Waals surface area contributed by atoms with E-state index in [2.05, 4.69) is 27.8 Å². The molecule has 0 saturated carbocycles. The van der Waals surface area contributed by atoms with Gasteiger partial charge in [0.05, 0.1) is 5.69 Å². The summed E-state index contributed by atoms with van der Waals surface area (Å²) >= 11 is 0. The lowest BCUT2D eigenvalue weighted by Gasteiger charge is -2.37. The van der Waals surface area contributed by atoms with Crippen LogP contribution >= 0.6 is 0 Å². The van der Waals surface area contributed by atoms with Crippen LogP contribution in [0.4, 0.5) is 5.69 Å². The Morgan fingerprint density at radius 1 is 1.26 bits per heavy atom. The van der Waals surface area contributed by atoms with E-state index < -0.39 is 11.4 Å². The van der Waals surface area contributed by atoms with Crippen molar-refractivity contribution in [3.63, 3.8) is 0 Å². The highest BCUT2D eigenvalue weighted by Crippen LogP contribution is 2.46. The van der Waals surface area contributed by atoms with Crippen molar-refractivity contribution in [3.05, 3.63) is 47.3 Å². The van der Waals surface area contributed by atoms with Crippen molar-refractivity contribution in [2.45, 2.75) is 70.5 Å².